The van der Waals surface area contributed by atoms with Gasteiger partial charge < -0.3 is 20.2 Å². The van der Waals surface area contributed by atoms with Gasteiger partial charge in [0.25, 0.3) is 0 Å². The number of aliphatic hydroxyl groups is 1. The highest BCUT2D eigenvalue weighted by Crippen LogP contribution is 2.02. The highest BCUT2D eigenvalue weighted by Gasteiger charge is 2.22. The van der Waals surface area contributed by atoms with Crippen LogP contribution in [0.15, 0.2) is 30.3 Å². The van der Waals surface area contributed by atoms with Gasteiger partial charge in [-0.3, -0.25) is 4.79 Å². The summed E-state index contributed by atoms with van der Waals surface area (Å²) in [5.74, 6) is -0.501. The Morgan fingerprint density at radius 3 is 2.86 bits per heavy atom. The number of hydrogen-bond acceptors (Lipinski definition) is 6. The molecule has 1 amide bonds. The Balaban J connectivity index is 1.66. The van der Waals surface area contributed by atoms with Gasteiger partial charge in [0.1, 0.15) is 0 Å². The van der Waals surface area contributed by atoms with Crippen molar-refractivity contribution in [3.63, 3.8) is 0 Å². The molecule has 1 aliphatic rings. The minimum absolute atomic E-state index is 0.0106. The van der Waals surface area contributed by atoms with E-state index in [0.717, 1.165) is 0 Å². The van der Waals surface area contributed by atoms with Gasteiger partial charge in [0.05, 0.1) is 12.2 Å². The van der Waals surface area contributed by atoms with Gasteiger partial charge in [0, 0.05) is 38.6 Å². The number of piperazine rings is 1. The van der Waals surface area contributed by atoms with Crippen LogP contribution in [0.5, 0.6) is 0 Å². The molecular weight excluding hydrogens is 286 g/mol. The van der Waals surface area contributed by atoms with Crippen molar-refractivity contribution in [1.82, 2.24) is 15.7 Å². The summed E-state index contributed by atoms with van der Waals surface area (Å²) >= 11 is 0. The molecule has 0 radical (unpaired) electrons. The van der Waals surface area contributed by atoms with Crippen LogP contribution < -0.4 is 10.8 Å². The Morgan fingerprint density at radius 2 is 2.14 bits per heavy atom. The molecule has 0 aromatic heterocycles. The van der Waals surface area contributed by atoms with Crippen molar-refractivity contribution in [2.75, 3.05) is 32.8 Å². The third-order valence-electron chi connectivity index (χ3n) is 3.44. The van der Waals surface area contributed by atoms with Crippen molar-refractivity contribution in [1.29, 1.82) is 0 Å². The van der Waals surface area contributed by atoms with Crippen LogP contribution in [0.25, 0.3) is 0 Å². The SMILES string of the molecule is O=C(ONCCC(=O)N1CCNC(CO)C1)c1ccccc1. The number of carbonyl (C=O) groups is 2. The van der Waals surface area contributed by atoms with E-state index in [9.17, 15) is 9.59 Å². The second-order valence-corrected chi connectivity index (χ2v) is 5.07. The highest BCUT2D eigenvalue weighted by molar-refractivity contribution is 5.89. The predicted molar refractivity (Wildman–Crippen MR) is 79.9 cm³/mol. The first kappa shape index (κ1) is 16.4. The molecule has 1 saturated heterocycles. The Bertz CT molecular complexity index is 495. The van der Waals surface area contributed by atoms with Gasteiger partial charge in [-0.15, -0.1) is 0 Å². The molecule has 1 aliphatic heterocycles. The summed E-state index contributed by atoms with van der Waals surface area (Å²) < 4.78 is 0. The molecule has 0 bridgehead atoms. The van der Waals surface area contributed by atoms with Crippen LogP contribution in [0.3, 0.4) is 0 Å². The van der Waals surface area contributed by atoms with E-state index < -0.39 is 5.97 Å². The molecule has 1 heterocycles. The van der Waals surface area contributed by atoms with Crippen LogP contribution in [-0.2, 0) is 9.63 Å². The maximum absolute atomic E-state index is 12.0. The standard InChI is InChI=1S/C15H21N3O4/c19-11-13-10-18(9-8-16-13)14(20)6-7-17-22-15(21)12-4-2-1-3-5-12/h1-5,13,16-17,19H,6-11H2. The average molecular weight is 307 g/mol. The number of carbonyl (C=O) groups excluding carboxylic acids is 2. The minimum atomic E-state index is -0.476. The zero-order chi connectivity index (χ0) is 15.8. The molecule has 120 valence electrons. The molecule has 2 rings (SSSR count). The van der Waals surface area contributed by atoms with Crippen molar-refractivity contribution >= 4 is 11.9 Å². The van der Waals surface area contributed by atoms with E-state index in [1.165, 1.54) is 0 Å². The maximum atomic E-state index is 12.0. The van der Waals surface area contributed by atoms with Crippen molar-refractivity contribution in [3.05, 3.63) is 35.9 Å². The summed E-state index contributed by atoms with van der Waals surface area (Å²) in [7, 11) is 0. The Kier molecular flexibility index (Phi) is 6.32. The Hall–Kier alpha value is -1.96. The van der Waals surface area contributed by atoms with Gasteiger partial charge in [0.15, 0.2) is 0 Å². The second-order valence-electron chi connectivity index (χ2n) is 5.07. The third kappa shape index (κ3) is 4.80. The van der Waals surface area contributed by atoms with Crippen LogP contribution in [0, 0.1) is 0 Å². The molecule has 0 spiro atoms. The number of nitrogens with zero attached hydrogens (tertiary/aromatic N) is 1. The quantitative estimate of drug-likeness (QED) is 0.486. The second kappa shape index (κ2) is 8.47. The van der Waals surface area contributed by atoms with Crippen LogP contribution in [0.4, 0.5) is 0 Å². The lowest BCUT2D eigenvalue weighted by Gasteiger charge is -2.32. The lowest BCUT2D eigenvalue weighted by Crippen LogP contribution is -2.54. The smallest absolute Gasteiger partial charge is 0.356 e. The highest BCUT2D eigenvalue weighted by atomic mass is 16.7. The first-order valence-electron chi connectivity index (χ1n) is 7.32. The van der Waals surface area contributed by atoms with Gasteiger partial charge in [-0.1, -0.05) is 18.2 Å². The lowest BCUT2D eigenvalue weighted by molar-refractivity contribution is -0.132. The number of hydroxylamine groups is 1. The molecule has 7 nitrogen and oxygen atoms in total. The Labute approximate surface area is 129 Å². The van der Waals surface area contributed by atoms with Crippen LogP contribution in [0.2, 0.25) is 0 Å². The van der Waals surface area contributed by atoms with Crippen molar-refractivity contribution in [2.24, 2.45) is 0 Å². The molecular formula is C15H21N3O4. The summed E-state index contributed by atoms with van der Waals surface area (Å²) in [6, 6.07) is 8.57. The first-order valence-corrected chi connectivity index (χ1v) is 7.32. The summed E-state index contributed by atoms with van der Waals surface area (Å²) in [5, 5.41) is 12.2. The van der Waals surface area contributed by atoms with Gasteiger partial charge in [-0.2, -0.15) is 5.48 Å². The summed E-state index contributed by atoms with van der Waals surface area (Å²) in [6.45, 7) is 2.06. The van der Waals surface area contributed by atoms with Crippen molar-refractivity contribution < 1.29 is 19.5 Å². The minimum Gasteiger partial charge on any atom is -0.395 e. The fourth-order valence-corrected chi connectivity index (χ4v) is 2.24. The normalized spacial score (nSPS) is 18.0. The van der Waals surface area contributed by atoms with E-state index in [2.05, 4.69) is 10.8 Å². The molecule has 3 N–H and O–H groups in total. The molecule has 7 heteroatoms. The van der Waals surface area contributed by atoms with Gasteiger partial charge in [-0.25, -0.2) is 4.79 Å². The third-order valence-corrected chi connectivity index (χ3v) is 3.44. The number of aliphatic hydroxyl groups excluding tert-OH is 1. The van der Waals surface area contributed by atoms with Crippen LogP contribution in [0.1, 0.15) is 16.8 Å². The van der Waals surface area contributed by atoms with E-state index in [1.807, 2.05) is 6.07 Å². The fraction of sp³-hybridized carbons (Fsp3) is 0.467. The lowest BCUT2D eigenvalue weighted by atomic mass is 10.2. The Morgan fingerprint density at radius 1 is 1.36 bits per heavy atom. The van der Waals surface area contributed by atoms with E-state index in [4.69, 9.17) is 9.94 Å². The van der Waals surface area contributed by atoms with Gasteiger partial charge in [0.2, 0.25) is 5.91 Å². The fourth-order valence-electron chi connectivity index (χ4n) is 2.24. The topological polar surface area (TPSA) is 90.9 Å². The first-order chi connectivity index (χ1) is 10.7. The number of nitrogens with one attached hydrogen (secondary N) is 2. The number of rotatable bonds is 6. The van der Waals surface area contributed by atoms with Crippen molar-refractivity contribution in [2.45, 2.75) is 12.5 Å². The molecule has 1 fully saturated rings. The molecule has 1 atom stereocenters. The van der Waals surface area contributed by atoms with Gasteiger partial charge >= 0.3 is 5.97 Å². The molecule has 22 heavy (non-hydrogen) atoms. The number of hydrogen-bond donors (Lipinski definition) is 3. The zero-order valence-electron chi connectivity index (χ0n) is 12.3. The van der Waals surface area contributed by atoms with E-state index >= 15 is 0 Å². The molecule has 1 aromatic carbocycles. The number of amides is 1. The molecule has 0 saturated carbocycles. The molecule has 0 aliphatic carbocycles. The van der Waals surface area contributed by atoms with Gasteiger partial charge in [-0.05, 0) is 12.1 Å². The monoisotopic (exact) mass is 307 g/mol. The maximum Gasteiger partial charge on any atom is 0.356 e. The molecule has 1 aromatic rings. The largest absolute Gasteiger partial charge is 0.395 e. The number of benzene rings is 1. The summed E-state index contributed by atoms with van der Waals surface area (Å²) in [5.41, 5.74) is 2.97. The molecule has 1 unspecified atom stereocenters. The zero-order valence-corrected chi connectivity index (χ0v) is 12.3. The van der Waals surface area contributed by atoms with E-state index in [0.29, 0.717) is 25.2 Å². The van der Waals surface area contributed by atoms with E-state index in [-0.39, 0.29) is 31.5 Å². The average Bonchev–Trinajstić information content (AvgIpc) is 2.59. The summed E-state index contributed by atoms with van der Waals surface area (Å²) in [4.78, 5) is 30.3. The van der Waals surface area contributed by atoms with Crippen LogP contribution >= 0.6 is 0 Å². The van der Waals surface area contributed by atoms with E-state index in [1.54, 1.807) is 29.2 Å². The predicted octanol–water partition coefficient (Wildman–Crippen LogP) is -0.469. The summed E-state index contributed by atoms with van der Waals surface area (Å²) in [6.07, 6.45) is 0.236. The van der Waals surface area contributed by atoms with Crippen LogP contribution in [-0.4, -0.2) is 60.7 Å². The van der Waals surface area contributed by atoms with Crippen molar-refractivity contribution in [3.8, 4) is 0 Å².